The molecule has 2 rings (SSSR count). The second kappa shape index (κ2) is 5.82. The fourth-order valence-corrected chi connectivity index (χ4v) is 1.65. The van der Waals surface area contributed by atoms with Crippen LogP contribution in [0.4, 0.5) is 4.79 Å². The fraction of sp³-hybridized carbons (Fsp3) is 0.0667. The topological polar surface area (TPSA) is 55.4 Å². The van der Waals surface area contributed by atoms with Crippen LogP contribution in [0.25, 0.3) is 11.1 Å². The highest BCUT2D eigenvalue weighted by atomic mass is 16.5. The van der Waals surface area contributed by atoms with E-state index >= 15 is 0 Å². The third kappa shape index (κ3) is 3.19. The van der Waals surface area contributed by atoms with Crippen molar-refractivity contribution in [2.24, 2.45) is 0 Å². The van der Waals surface area contributed by atoms with Crippen molar-refractivity contribution in [2.75, 3.05) is 7.05 Å². The predicted molar refractivity (Wildman–Crippen MR) is 72.3 cm³/mol. The summed E-state index contributed by atoms with van der Waals surface area (Å²) in [5.41, 5.74) is 2.49. The number of hydrogen-bond acceptors (Lipinski definition) is 3. The van der Waals surface area contributed by atoms with Crippen molar-refractivity contribution in [2.45, 2.75) is 0 Å². The van der Waals surface area contributed by atoms with Gasteiger partial charge in [0, 0.05) is 12.6 Å². The Morgan fingerprint density at radius 1 is 1.11 bits per heavy atom. The lowest BCUT2D eigenvalue weighted by Gasteiger charge is -2.06. The van der Waals surface area contributed by atoms with Crippen molar-refractivity contribution >= 4 is 12.4 Å². The number of rotatable bonds is 3. The highest BCUT2D eigenvalue weighted by molar-refractivity contribution is 5.77. The lowest BCUT2D eigenvalue weighted by molar-refractivity contribution is 0.112. The number of aldehydes is 1. The Bertz CT molecular complexity index is 591. The molecule has 1 N–H and O–H groups in total. The van der Waals surface area contributed by atoms with E-state index < -0.39 is 6.09 Å². The second-order valence-corrected chi connectivity index (χ2v) is 3.91. The maximum atomic E-state index is 11.1. The number of nitrogens with one attached hydrogen (secondary N) is 1. The minimum absolute atomic E-state index is 0.469. The van der Waals surface area contributed by atoms with Gasteiger partial charge in [-0.2, -0.15) is 0 Å². The molecule has 96 valence electrons. The van der Waals surface area contributed by atoms with Gasteiger partial charge in [-0.3, -0.25) is 4.79 Å². The van der Waals surface area contributed by atoms with Crippen LogP contribution in [0.2, 0.25) is 0 Å². The standard InChI is InChI=1S/C15H13NO3/c1-16-15(18)19-14-4-2-3-13(9-14)12-7-5-11(10-17)6-8-12/h2-10H,1H3,(H,16,18). The van der Waals surface area contributed by atoms with Gasteiger partial charge in [-0.1, -0.05) is 36.4 Å². The summed E-state index contributed by atoms with van der Waals surface area (Å²) >= 11 is 0. The van der Waals surface area contributed by atoms with Crippen molar-refractivity contribution in [3.8, 4) is 16.9 Å². The van der Waals surface area contributed by atoms with E-state index in [0.29, 0.717) is 11.3 Å². The van der Waals surface area contributed by atoms with E-state index in [9.17, 15) is 9.59 Å². The average molecular weight is 255 g/mol. The molecule has 0 fully saturated rings. The third-order valence-electron chi connectivity index (χ3n) is 2.63. The van der Waals surface area contributed by atoms with Crippen molar-refractivity contribution in [1.82, 2.24) is 5.32 Å². The van der Waals surface area contributed by atoms with Gasteiger partial charge in [0.25, 0.3) is 0 Å². The molecule has 1 amide bonds. The Balaban J connectivity index is 2.26. The Hall–Kier alpha value is -2.62. The van der Waals surface area contributed by atoms with Gasteiger partial charge >= 0.3 is 6.09 Å². The molecule has 0 aromatic heterocycles. The van der Waals surface area contributed by atoms with Crippen LogP contribution in [0.3, 0.4) is 0 Å². The fourth-order valence-electron chi connectivity index (χ4n) is 1.65. The van der Waals surface area contributed by atoms with E-state index in [1.807, 2.05) is 18.2 Å². The van der Waals surface area contributed by atoms with Crippen molar-refractivity contribution < 1.29 is 14.3 Å². The Morgan fingerprint density at radius 2 is 1.84 bits per heavy atom. The molecule has 0 unspecified atom stereocenters. The summed E-state index contributed by atoms with van der Waals surface area (Å²) in [6.07, 6.45) is 0.294. The van der Waals surface area contributed by atoms with E-state index in [1.54, 1.807) is 30.3 Å². The highest BCUT2D eigenvalue weighted by Gasteiger charge is 2.03. The summed E-state index contributed by atoms with van der Waals surface area (Å²) in [4.78, 5) is 21.7. The van der Waals surface area contributed by atoms with Crippen LogP contribution in [0, 0.1) is 0 Å². The van der Waals surface area contributed by atoms with Crippen molar-refractivity contribution in [1.29, 1.82) is 0 Å². The van der Waals surface area contributed by atoms with Gasteiger partial charge in [-0.05, 0) is 23.3 Å². The van der Waals surface area contributed by atoms with Crippen LogP contribution < -0.4 is 10.1 Å². The molecule has 2 aromatic carbocycles. The molecule has 0 radical (unpaired) electrons. The lowest BCUT2D eigenvalue weighted by Crippen LogP contribution is -2.21. The zero-order chi connectivity index (χ0) is 13.7. The first-order chi connectivity index (χ1) is 9.22. The zero-order valence-corrected chi connectivity index (χ0v) is 10.4. The third-order valence-corrected chi connectivity index (χ3v) is 2.63. The number of amides is 1. The van der Waals surface area contributed by atoms with Crippen molar-refractivity contribution in [3.05, 3.63) is 54.1 Å². The minimum atomic E-state index is -0.506. The molecule has 0 aliphatic heterocycles. The zero-order valence-electron chi connectivity index (χ0n) is 10.4. The molecule has 0 heterocycles. The summed E-state index contributed by atoms with van der Waals surface area (Å²) in [6, 6.07) is 14.4. The summed E-state index contributed by atoms with van der Waals surface area (Å²) in [5.74, 6) is 0.469. The molecule has 4 heteroatoms. The van der Waals surface area contributed by atoms with Gasteiger partial charge in [-0.15, -0.1) is 0 Å². The summed E-state index contributed by atoms with van der Waals surface area (Å²) < 4.78 is 5.06. The van der Waals surface area contributed by atoms with Crippen LogP contribution in [0.1, 0.15) is 10.4 Å². The van der Waals surface area contributed by atoms with Gasteiger partial charge in [0.1, 0.15) is 12.0 Å². The van der Waals surface area contributed by atoms with Gasteiger partial charge in [0.15, 0.2) is 0 Å². The molecule has 0 aliphatic rings. The first kappa shape index (κ1) is 12.8. The molecule has 0 saturated heterocycles. The molecule has 0 saturated carbocycles. The normalized spacial score (nSPS) is 9.74. The van der Waals surface area contributed by atoms with Crippen LogP contribution in [0.15, 0.2) is 48.5 Å². The van der Waals surface area contributed by atoms with E-state index in [-0.39, 0.29) is 0 Å². The Morgan fingerprint density at radius 3 is 2.47 bits per heavy atom. The number of benzene rings is 2. The smallest absolute Gasteiger partial charge is 0.410 e. The van der Waals surface area contributed by atoms with E-state index in [4.69, 9.17) is 4.74 Å². The molecule has 19 heavy (non-hydrogen) atoms. The SMILES string of the molecule is CNC(=O)Oc1cccc(-c2ccc(C=O)cc2)c1. The number of ether oxygens (including phenoxy) is 1. The molecule has 0 spiro atoms. The Kier molecular flexibility index (Phi) is 3.93. The number of carbonyl (C=O) groups excluding carboxylic acids is 2. The van der Waals surface area contributed by atoms with Crippen LogP contribution in [-0.4, -0.2) is 19.4 Å². The molecule has 4 nitrogen and oxygen atoms in total. The van der Waals surface area contributed by atoms with Crippen LogP contribution in [-0.2, 0) is 0 Å². The quantitative estimate of drug-likeness (QED) is 0.858. The highest BCUT2D eigenvalue weighted by Crippen LogP contribution is 2.24. The number of hydrogen-bond donors (Lipinski definition) is 1. The monoisotopic (exact) mass is 255 g/mol. The van der Waals surface area contributed by atoms with Gasteiger partial charge in [0.05, 0.1) is 0 Å². The Labute approximate surface area is 111 Å². The molecule has 0 atom stereocenters. The minimum Gasteiger partial charge on any atom is -0.410 e. The first-order valence-electron chi connectivity index (χ1n) is 5.78. The first-order valence-corrected chi connectivity index (χ1v) is 5.78. The average Bonchev–Trinajstić information content (AvgIpc) is 2.47. The lowest BCUT2D eigenvalue weighted by atomic mass is 10.0. The molecule has 2 aromatic rings. The second-order valence-electron chi connectivity index (χ2n) is 3.91. The molecular weight excluding hydrogens is 242 g/mol. The predicted octanol–water partition coefficient (Wildman–Crippen LogP) is 2.88. The van der Waals surface area contributed by atoms with Gasteiger partial charge in [0.2, 0.25) is 0 Å². The summed E-state index contributed by atoms with van der Waals surface area (Å²) in [5, 5.41) is 2.39. The van der Waals surface area contributed by atoms with Crippen LogP contribution >= 0.6 is 0 Å². The van der Waals surface area contributed by atoms with E-state index in [0.717, 1.165) is 17.4 Å². The van der Waals surface area contributed by atoms with Gasteiger partial charge in [-0.25, -0.2) is 4.79 Å². The maximum absolute atomic E-state index is 11.1. The van der Waals surface area contributed by atoms with Gasteiger partial charge < -0.3 is 10.1 Å². The van der Waals surface area contributed by atoms with Crippen LogP contribution in [0.5, 0.6) is 5.75 Å². The molecular formula is C15H13NO3. The summed E-state index contributed by atoms with van der Waals surface area (Å²) in [7, 11) is 1.50. The summed E-state index contributed by atoms with van der Waals surface area (Å²) in [6.45, 7) is 0. The van der Waals surface area contributed by atoms with Crippen molar-refractivity contribution in [3.63, 3.8) is 0 Å². The molecule has 0 bridgehead atoms. The molecule has 0 aliphatic carbocycles. The largest absolute Gasteiger partial charge is 0.412 e. The van der Waals surface area contributed by atoms with E-state index in [1.165, 1.54) is 7.05 Å². The maximum Gasteiger partial charge on any atom is 0.412 e. The number of carbonyl (C=O) groups is 2. The van der Waals surface area contributed by atoms with E-state index in [2.05, 4.69) is 5.32 Å².